The molecule has 2 aromatic heterocycles. The van der Waals surface area contributed by atoms with Crippen LogP contribution in [0.1, 0.15) is 38.3 Å². The van der Waals surface area contributed by atoms with Gasteiger partial charge in [-0.1, -0.05) is 13.8 Å². The first-order chi connectivity index (χ1) is 9.95. The van der Waals surface area contributed by atoms with Gasteiger partial charge >= 0.3 is 0 Å². The average Bonchev–Trinajstić information content (AvgIpc) is 2.99. The van der Waals surface area contributed by atoms with Crippen molar-refractivity contribution in [2.75, 3.05) is 0 Å². The lowest BCUT2D eigenvalue weighted by Gasteiger charge is -2.08. The number of halogens is 1. The predicted octanol–water partition coefficient (Wildman–Crippen LogP) is 1.81. The third-order valence-electron chi connectivity index (χ3n) is 3.00. The van der Waals surface area contributed by atoms with E-state index in [1.54, 1.807) is 4.57 Å². The molecule has 9 heteroatoms. The highest BCUT2D eigenvalue weighted by atomic mass is 35.7. The fourth-order valence-corrected chi connectivity index (χ4v) is 2.76. The molecular weight excluding hydrogens is 314 g/mol. The van der Waals surface area contributed by atoms with Crippen molar-refractivity contribution in [2.45, 2.75) is 51.2 Å². The lowest BCUT2D eigenvalue weighted by atomic mass is 10.3. The monoisotopic (exact) mass is 331 g/mol. The minimum Gasteiger partial charge on any atom is -0.326 e. The molecule has 2 rings (SSSR count). The molecular formula is C12H18ClN5O2S. The third kappa shape index (κ3) is 3.82. The van der Waals surface area contributed by atoms with Crippen molar-refractivity contribution in [2.24, 2.45) is 0 Å². The molecule has 0 atom stereocenters. The summed E-state index contributed by atoms with van der Waals surface area (Å²) in [5, 5.41) is 4.04. The standard InChI is InChI=1S/C12H18ClN5O2S/c1-3-5-10-16-12(21(13,19)20)8-17(10)7-11-14-9-15-18(11)6-4-2/h8-9H,3-7H2,1-2H3. The molecule has 7 nitrogen and oxygen atoms in total. The molecule has 0 amide bonds. The maximum atomic E-state index is 11.4. The zero-order valence-corrected chi connectivity index (χ0v) is 13.6. The lowest BCUT2D eigenvalue weighted by molar-refractivity contribution is 0.547. The van der Waals surface area contributed by atoms with E-state index in [1.807, 2.05) is 11.6 Å². The second-order valence-electron chi connectivity index (χ2n) is 4.71. The van der Waals surface area contributed by atoms with E-state index < -0.39 is 9.05 Å². The summed E-state index contributed by atoms with van der Waals surface area (Å²) >= 11 is 0. The Kier molecular flexibility index (Phi) is 5.00. The topological polar surface area (TPSA) is 82.7 Å². The molecule has 0 radical (unpaired) electrons. The van der Waals surface area contributed by atoms with Crippen molar-refractivity contribution in [3.63, 3.8) is 0 Å². The Balaban J connectivity index is 2.33. The smallest absolute Gasteiger partial charge is 0.280 e. The normalized spacial score (nSPS) is 12.0. The second-order valence-corrected chi connectivity index (χ2v) is 7.22. The van der Waals surface area contributed by atoms with Crippen LogP contribution in [-0.4, -0.2) is 32.7 Å². The molecule has 0 aliphatic carbocycles. The van der Waals surface area contributed by atoms with E-state index in [-0.39, 0.29) is 5.03 Å². The molecule has 0 unspecified atom stereocenters. The lowest BCUT2D eigenvalue weighted by Crippen LogP contribution is -2.11. The minimum atomic E-state index is -3.82. The first-order valence-electron chi connectivity index (χ1n) is 6.83. The molecule has 116 valence electrons. The SMILES string of the molecule is CCCc1nc(S(=O)(=O)Cl)cn1Cc1ncnn1CCC. The molecule has 2 heterocycles. The van der Waals surface area contributed by atoms with Crippen LogP contribution in [0, 0.1) is 0 Å². The van der Waals surface area contributed by atoms with Gasteiger partial charge in [0.25, 0.3) is 9.05 Å². The van der Waals surface area contributed by atoms with Crippen molar-refractivity contribution < 1.29 is 8.42 Å². The van der Waals surface area contributed by atoms with Gasteiger partial charge in [0.15, 0.2) is 5.03 Å². The second kappa shape index (κ2) is 6.57. The Labute approximate surface area is 128 Å². The van der Waals surface area contributed by atoms with E-state index in [2.05, 4.69) is 22.0 Å². The third-order valence-corrected chi connectivity index (χ3v) is 4.17. The summed E-state index contributed by atoms with van der Waals surface area (Å²) in [5.41, 5.74) is 0. The van der Waals surface area contributed by atoms with Gasteiger partial charge in [-0.15, -0.1) is 0 Å². The van der Waals surface area contributed by atoms with Crippen LogP contribution in [0.15, 0.2) is 17.6 Å². The molecule has 0 bridgehead atoms. The van der Waals surface area contributed by atoms with Crippen molar-refractivity contribution in [3.8, 4) is 0 Å². The van der Waals surface area contributed by atoms with Crippen molar-refractivity contribution in [3.05, 3.63) is 24.2 Å². The van der Waals surface area contributed by atoms with Gasteiger partial charge in [0, 0.05) is 29.8 Å². The van der Waals surface area contributed by atoms with Crippen molar-refractivity contribution >= 4 is 19.7 Å². The number of nitrogens with zero attached hydrogens (tertiary/aromatic N) is 5. The molecule has 0 N–H and O–H groups in total. The van der Waals surface area contributed by atoms with Gasteiger partial charge in [-0.2, -0.15) is 5.10 Å². The van der Waals surface area contributed by atoms with E-state index >= 15 is 0 Å². The van der Waals surface area contributed by atoms with Crippen molar-refractivity contribution in [1.29, 1.82) is 0 Å². The van der Waals surface area contributed by atoms with Crippen LogP contribution in [-0.2, 0) is 28.6 Å². The van der Waals surface area contributed by atoms with Gasteiger partial charge < -0.3 is 4.57 Å². The van der Waals surface area contributed by atoms with Crippen molar-refractivity contribution in [1.82, 2.24) is 24.3 Å². The number of aromatic nitrogens is 5. The van der Waals surface area contributed by atoms with Crippen LogP contribution in [0.5, 0.6) is 0 Å². The Morgan fingerprint density at radius 3 is 2.62 bits per heavy atom. The number of hydrogen-bond donors (Lipinski definition) is 0. The Morgan fingerprint density at radius 1 is 1.24 bits per heavy atom. The maximum absolute atomic E-state index is 11.4. The minimum absolute atomic E-state index is 0.117. The van der Waals surface area contributed by atoms with Crippen LogP contribution in [0.25, 0.3) is 0 Å². The summed E-state index contributed by atoms with van der Waals surface area (Å²) in [5.74, 6) is 1.45. The van der Waals surface area contributed by atoms with Gasteiger partial charge in [0.05, 0.1) is 6.54 Å². The van der Waals surface area contributed by atoms with Gasteiger partial charge in [0.1, 0.15) is 18.0 Å². The highest BCUT2D eigenvalue weighted by Gasteiger charge is 2.18. The maximum Gasteiger partial charge on any atom is 0.280 e. The average molecular weight is 332 g/mol. The van der Waals surface area contributed by atoms with Crippen LogP contribution < -0.4 is 0 Å². The Morgan fingerprint density at radius 2 is 2.00 bits per heavy atom. The van der Waals surface area contributed by atoms with Gasteiger partial charge in [-0.05, 0) is 12.8 Å². The molecule has 0 saturated heterocycles. The predicted molar refractivity (Wildman–Crippen MR) is 78.7 cm³/mol. The van der Waals surface area contributed by atoms with Gasteiger partial charge in [0.2, 0.25) is 0 Å². The van der Waals surface area contributed by atoms with Crippen LogP contribution in [0.2, 0.25) is 0 Å². The molecule has 0 aromatic carbocycles. The molecule has 2 aromatic rings. The highest BCUT2D eigenvalue weighted by molar-refractivity contribution is 8.13. The van der Waals surface area contributed by atoms with E-state index in [0.29, 0.717) is 18.8 Å². The van der Waals surface area contributed by atoms with Crippen LogP contribution in [0.4, 0.5) is 0 Å². The first kappa shape index (κ1) is 16.0. The van der Waals surface area contributed by atoms with Gasteiger partial charge in [-0.3, -0.25) is 0 Å². The fourth-order valence-electron chi connectivity index (χ4n) is 2.07. The number of rotatable bonds is 7. The van der Waals surface area contributed by atoms with Gasteiger partial charge in [-0.25, -0.2) is 23.1 Å². The summed E-state index contributed by atoms with van der Waals surface area (Å²) < 4.78 is 26.4. The Hall–Kier alpha value is -1.41. The first-order valence-corrected chi connectivity index (χ1v) is 9.14. The number of imidazole rings is 1. The molecule has 0 saturated carbocycles. The van der Waals surface area contributed by atoms with Crippen LogP contribution in [0.3, 0.4) is 0 Å². The zero-order chi connectivity index (χ0) is 15.5. The fraction of sp³-hybridized carbons (Fsp3) is 0.583. The van der Waals surface area contributed by atoms with E-state index in [0.717, 1.165) is 25.2 Å². The quantitative estimate of drug-likeness (QED) is 0.723. The number of hydrogen-bond acceptors (Lipinski definition) is 5. The molecule has 0 fully saturated rings. The molecule has 0 aliphatic heterocycles. The zero-order valence-electron chi connectivity index (χ0n) is 12.0. The van der Waals surface area contributed by atoms with E-state index in [4.69, 9.17) is 10.7 Å². The van der Waals surface area contributed by atoms with E-state index in [1.165, 1.54) is 12.5 Å². The molecule has 21 heavy (non-hydrogen) atoms. The molecule has 0 aliphatic rings. The summed E-state index contributed by atoms with van der Waals surface area (Å²) in [7, 11) is 1.55. The summed E-state index contributed by atoms with van der Waals surface area (Å²) in [6.45, 7) is 5.26. The van der Waals surface area contributed by atoms with Crippen LogP contribution >= 0.6 is 10.7 Å². The summed E-state index contributed by atoms with van der Waals surface area (Å²) in [6, 6.07) is 0. The largest absolute Gasteiger partial charge is 0.326 e. The Bertz CT molecular complexity index is 707. The summed E-state index contributed by atoms with van der Waals surface area (Å²) in [6.07, 6.45) is 5.44. The number of aryl methyl sites for hydroxylation is 2. The van der Waals surface area contributed by atoms with E-state index in [9.17, 15) is 8.42 Å². The molecule has 0 spiro atoms. The summed E-state index contributed by atoms with van der Waals surface area (Å²) in [4.78, 5) is 8.34. The highest BCUT2D eigenvalue weighted by Crippen LogP contribution is 2.16.